The highest BCUT2D eigenvalue weighted by Crippen LogP contribution is 2.34. The quantitative estimate of drug-likeness (QED) is 0.861. The number of ether oxygens (including phenoxy) is 1. The molecule has 0 radical (unpaired) electrons. The van der Waals surface area contributed by atoms with E-state index in [1.165, 1.54) is 0 Å². The van der Waals surface area contributed by atoms with Gasteiger partial charge < -0.3 is 10.1 Å². The van der Waals surface area contributed by atoms with Gasteiger partial charge in [-0.05, 0) is 45.6 Å². The van der Waals surface area contributed by atoms with Crippen molar-refractivity contribution in [3.05, 3.63) is 35.9 Å². The summed E-state index contributed by atoms with van der Waals surface area (Å²) in [7, 11) is 0. The predicted octanol–water partition coefficient (Wildman–Crippen LogP) is 3.77. The second-order valence-electron chi connectivity index (χ2n) is 7.03. The molecule has 1 aromatic rings. The number of carbonyl (C=O) groups excluding carboxylic acids is 1. The van der Waals surface area contributed by atoms with Gasteiger partial charge in [0.25, 0.3) is 0 Å². The van der Waals surface area contributed by atoms with Crippen LogP contribution in [-0.4, -0.2) is 23.3 Å². The number of benzene rings is 1. The van der Waals surface area contributed by atoms with Gasteiger partial charge in [0, 0.05) is 6.54 Å². The third-order valence-electron chi connectivity index (χ3n) is 3.97. The molecule has 0 heterocycles. The van der Waals surface area contributed by atoms with Gasteiger partial charge in [-0.25, -0.2) is 9.18 Å². The van der Waals surface area contributed by atoms with Crippen molar-refractivity contribution in [3.8, 4) is 0 Å². The van der Waals surface area contributed by atoms with E-state index in [2.05, 4.69) is 5.32 Å². The van der Waals surface area contributed by atoms with Crippen LogP contribution < -0.4 is 5.32 Å². The van der Waals surface area contributed by atoms with Gasteiger partial charge >= 0.3 is 5.97 Å². The van der Waals surface area contributed by atoms with Gasteiger partial charge in [-0.2, -0.15) is 0 Å². The lowest BCUT2D eigenvalue weighted by atomic mass is 9.81. The van der Waals surface area contributed by atoms with Crippen LogP contribution >= 0.6 is 0 Å². The fourth-order valence-electron chi connectivity index (χ4n) is 2.84. The van der Waals surface area contributed by atoms with Crippen LogP contribution in [0.5, 0.6) is 0 Å². The van der Waals surface area contributed by atoms with E-state index < -0.39 is 23.3 Å². The van der Waals surface area contributed by atoms with E-state index in [1.54, 1.807) is 20.8 Å². The van der Waals surface area contributed by atoms with Crippen LogP contribution in [-0.2, 0) is 16.1 Å². The number of hydrogen-bond acceptors (Lipinski definition) is 3. The van der Waals surface area contributed by atoms with Gasteiger partial charge in [-0.3, -0.25) is 0 Å². The lowest BCUT2D eigenvalue weighted by molar-refractivity contribution is -0.174. The number of esters is 1. The van der Waals surface area contributed by atoms with Crippen LogP contribution in [0, 0.1) is 0 Å². The molecule has 122 valence electrons. The number of halogens is 1. The van der Waals surface area contributed by atoms with Gasteiger partial charge in [0.1, 0.15) is 5.60 Å². The molecule has 1 aliphatic rings. The Labute approximate surface area is 132 Å². The summed E-state index contributed by atoms with van der Waals surface area (Å²) in [6.07, 6.45) is 2.54. The van der Waals surface area contributed by atoms with Crippen molar-refractivity contribution in [1.29, 1.82) is 0 Å². The third kappa shape index (κ3) is 4.29. The number of carbonyl (C=O) groups is 1. The summed E-state index contributed by atoms with van der Waals surface area (Å²) < 4.78 is 20.6. The molecule has 0 saturated heterocycles. The van der Waals surface area contributed by atoms with Crippen molar-refractivity contribution in [1.82, 2.24) is 5.32 Å². The van der Waals surface area contributed by atoms with E-state index in [1.807, 2.05) is 30.3 Å². The Balaban J connectivity index is 2.05. The van der Waals surface area contributed by atoms with Crippen LogP contribution in [0.4, 0.5) is 4.39 Å². The summed E-state index contributed by atoms with van der Waals surface area (Å²) in [5, 5.41) is 3.22. The molecule has 0 spiro atoms. The molecule has 1 N–H and O–H groups in total. The number of alkyl halides is 1. The van der Waals surface area contributed by atoms with Crippen LogP contribution in [0.1, 0.15) is 52.0 Å². The number of rotatable bonds is 4. The van der Waals surface area contributed by atoms with Crippen molar-refractivity contribution in [2.75, 3.05) is 0 Å². The Morgan fingerprint density at radius 3 is 2.64 bits per heavy atom. The first kappa shape index (κ1) is 16.9. The van der Waals surface area contributed by atoms with Crippen molar-refractivity contribution >= 4 is 5.97 Å². The summed E-state index contributed by atoms with van der Waals surface area (Å²) >= 11 is 0. The molecule has 1 aromatic carbocycles. The minimum atomic E-state index is -1.93. The highest BCUT2D eigenvalue weighted by Gasteiger charge is 2.50. The Morgan fingerprint density at radius 1 is 1.32 bits per heavy atom. The monoisotopic (exact) mass is 307 g/mol. The second-order valence-corrected chi connectivity index (χ2v) is 7.03. The first-order valence-corrected chi connectivity index (χ1v) is 8.01. The number of nitrogens with one attached hydrogen (secondary N) is 1. The first-order valence-electron chi connectivity index (χ1n) is 8.01. The average Bonchev–Trinajstić information content (AvgIpc) is 2.46. The molecule has 2 atom stereocenters. The molecule has 0 bridgehead atoms. The predicted molar refractivity (Wildman–Crippen MR) is 85.2 cm³/mol. The van der Waals surface area contributed by atoms with E-state index >= 15 is 4.39 Å². The summed E-state index contributed by atoms with van der Waals surface area (Å²) in [5.74, 6) is -0.731. The van der Waals surface area contributed by atoms with E-state index in [4.69, 9.17) is 4.74 Å². The minimum absolute atomic E-state index is 0.231. The molecule has 22 heavy (non-hydrogen) atoms. The zero-order valence-corrected chi connectivity index (χ0v) is 13.7. The van der Waals surface area contributed by atoms with Crippen molar-refractivity contribution in [3.63, 3.8) is 0 Å². The van der Waals surface area contributed by atoms with Crippen LogP contribution in [0.3, 0.4) is 0 Å². The number of hydrogen-bond donors (Lipinski definition) is 1. The fourth-order valence-corrected chi connectivity index (χ4v) is 2.84. The van der Waals surface area contributed by atoms with E-state index in [-0.39, 0.29) is 6.42 Å². The van der Waals surface area contributed by atoms with Crippen LogP contribution in [0.2, 0.25) is 0 Å². The maximum Gasteiger partial charge on any atom is 0.346 e. The Morgan fingerprint density at radius 2 is 2.00 bits per heavy atom. The largest absolute Gasteiger partial charge is 0.458 e. The lowest BCUT2D eigenvalue weighted by Gasteiger charge is -2.38. The van der Waals surface area contributed by atoms with E-state index in [0.717, 1.165) is 18.4 Å². The molecule has 1 saturated carbocycles. The third-order valence-corrected chi connectivity index (χ3v) is 3.97. The summed E-state index contributed by atoms with van der Waals surface area (Å²) in [5.41, 5.74) is -1.52. The second kappa shape index (κ2) is 6.78. The normalized spacial score (nSPS) is 25.7. The minimum Gasteiger partial charge on any atom is -0.458 e. The molecule has 0 amide bonds. The molecule has 1 fully saturated rings. The SMILES string of the molecule is CC(C)(C)OC(=O)C1(F)CCCCC1NCc1ccccc1. The highest BCUT2D eigenvalue weighted by molar-refractivity contribution is 5.81. The van der Waals surface area contributed by atoms with Gasteiger partial charge in [-0.1, -0.05) is 36.8 Å². The first-order chi connectivity index (χ1) is 10.3. The topological polar surface area (TPSA) is 38.3 Å². The fraction of sp³-hybridized carbons (Fsp3) is 0.611. The Hall–Kier alpha value is -1.42. The smallest absolute Gasteiger partial charge is 0.346 e. The van der Waals surface area contributed by atoms with Gasteiger partial charge in [0.2, 0.25) is 5.67 Å². The molecule has 2 rings (SSSR count). The molecular formula is C18H26FNO2. The summed E-state index contributed by atoms with van der Waals surface area (Å²) in [6, 6.07) is 9.34. The lowest BCUT2D eigenvalue weighted by Crippen LogP contribution is -2.56. The van der Waals surface area contributed by atoms with Crippen molar-refractivity contribution in [2.24, 2.45) is 0 Å². The Bertz CT molecular complexity index is 498. The van der Waals surface area contributed by atoms with Crippen LogP contribution in [0.15, 0.2) is 30.3 Å². The summed E-state index contributed by atoms with van der Waals surface area (Å²) in [6.45, 7) is 5.86. The molecule has 2 unspecified atom stereocenters. The van der Waals surface area contributed by atoms with Gasteiger partial charge in [0.05, 0.1) is 6.04 Å². The van der Waals surface area contributed by atoms with Crippen LogP contribution in [0.25, 0.3) is 0 Å². The van der Waals surface area contributed by atoms with Gasteiger partial charge in [-0.15, -0.1) is 0 Å². The molecule has 0 aliphatic heterocycles. The zero-order valence-electron chi connectivity index (χ0n) is 13.7. The highest BCUT2D eigenvalue weighted by atomic mass is 19.1. The van der Waals surface area contributed by atoms with Crippen molar-refractivity contribution in [2.45, 2.75) is 70.3 Å². The van der Waals surface area contributed by atoms with Gasteiger partial charge in [0.15, 0.2) is 0 Å². The molecule has 3 nitrogen and oxygen atoms in total. The Kier molecular flexibility index (Phi) is 5.22. The average molecular weight is 307 g/mol. The van der Waals surface area contributed by atoms with E-state index in [9.17, 15) is 4.79 Å². The standard InChI is InChI=1S/C18H26FNO2/c1-17(2,3)22-16(21)18(19)12-8-7-11-15(18)20-13-14-9-5-4-6-10-14/h4-6,9-10,15,20H,7-8,11-13H2,1-3H3. The zero-order chi connectivity index (χ0) is 16.2. The molecule has 4 heteroatoms. The summed E-state index contributed by atoms with van der Waals surface area (Å²) in [4.78, 5) is 12.3. The molecule has 0 aromatic heterocycles. The molecule has 1 aliphatic carbocycles. The maximum absolute atomic E-state index is 15.3. The molecular weight excluding hydrogens is 281 g/mol. The maximum atomic E-state index is 15.3. The van der Waals surface area contributed by atoms with E-state index in [0.29, 0.717) is 13.0 Å². The van der Waals surface area contributed by atoms with Crippen molar-refractivity contribution < 1.29 is 13.9 Å².